The van der Waals surface area contributed by atoms with E-state index in [2.05, 4.69) is 18.8 Å². The van der Waals surface area contributed by atoms with Crippen LogP contribution < -0.4 is 5.73 Å². The average molecular weight is 218 g/mol. The van der Waals surface area contributed by atoms with Crippen LogP contribution in [0.5, 0.6) is 0 Å². The third-order valence-corrected chi connectivity index (χ3v) is 2.60. The van der Waals surface area contributed by atoms with Crippen LogP contribution in [-0.2, 0) is 0 Å². The number of rotatable bonds is 3. The highest BCUT2D eigenvalue weighted by Crippen LogP contribution is 2.23. The minimum Gasteiger partial charge on any atom is -0.439 e. The van der Waals surface area contributed by atoms with Gasteiger partial charge in [0, 0.05) is 0 Å². The summed E-state index contributed by atoms with van der Waals surface area (Å²) in [6, 6.07) is 5.89. The number of aryl methyl sites for hydroxylation is 1. The summed E-state index contributed by atoms with van der Waals surface area (Å²) in [7, 11) is 0. The van der Waals surface area contributed by atoms with Crippen molar-refractivity contribution in [2.45, 2.75) is 33.2 Å². The molecule has 3 heteroatoms. The molecule has 0 radical (unpaired) electrons. The van der Waals surface area contributed by atoms with Crippen molar-refractivity contribution in [2.75, 3.05) is 0 Å². The van der Waals surface area contributed by atoms with E-state index in [1.165, 1.54) is 5.56 Å². The van der Waals surface area contributed by atoms with Crippen LogP contribution in [-0.4, -0.2) is 4.98 Å². The summed E-state index contributed by atoms with van der Waals surface area (Å²) in [5, 5.41) is 0. The molecule has 0 aliphatic heterocycles. The molecule has 3 nitrogen and oxygen atoms in total. The zero-order valence-corrected chi connectivity index (χ0v) is 10.0. The molecule has 0 saturated heterocycles. The molecule has 0 saturated carbocycles. The van der Waals surface area contributed by atoms with Crippen molar-refractivity contribution >= 4 is 11.1 Å². The maximum absolute atomic E-state index is 6.04. The molecule has 0 aliphatic carbocycles. The lowest BCUT2D eigenvalue weighted by atomic mass is 10.0. The highest BCUT2D eigenvalue weighted by Gasteiger charge is 2.15. The van der Waals surface area contributed by atoms with Crippen LogP contribution in [0.15, 0.2) is 22.6 Å². The quantitative estimate of drug-likeness (QED) is 0.860. The van der Waals surface area contributed by atoms with E-state index in [0.717, 1.165) is 17.5 Å². The second-order valence-corrected chi connectivity index (χ2v) is 4.76. The monoisotopic (exact) mass is 218 g/mol. The second kappa shape index (κ2) is 4.26. The summed E-state index contributed by atoms with van der Waals surface area (Å²) in [5.41, 5.74) is 8.93. The van der Waals surface area contributed by atoms with E-state index < -0.39 is 0 Å². The normalized spacial score (nSPS) is 13.6. The number of benzene rings is 1. The number of aromatic nitrogens is 1. The highest BCUT2D eigenvalue weighted by molar-refractivity contribution is 5.73. The molecule has 2 N–H and O–H groups in total. The molecule has 1 aromatic heterocycles. The Kier molecular flexibility index (Phi) is 2.97. The topological polar surface area (TPSA) is 52.0 Å². The lowest BCUT2D eigenvalue weighted by Gasteiger charge is -2.09. The molecule has 1 aromatic carbocycles. The molecule has 0 bridgehead atoms. The predicted molar refractivity (Wildman–Crippen MR) is 65.1 cm³/mol. The fourth-order valence-corrected chi connectivity index (χ4v) is 1.82. The van der Waals surface area contributed by atoms with E-state index in [1.807, 2.05) is 25.1 Å². The third kappa shape index (κ3) is 2.25. The van der Waals surface area contributed by atoms with Gasteiger partial charge in [0.15, 0.2) is 5.58 Å². The smallest absolute Gasteiger partial charge is 0.212 e. The minimum atomic E-state index is -0.104. The molecule has 86 valence electrons. The zero-order chi connectivity index (χ0) is 11.7. The number of nitrogens with zero attached hydrogens (tertiary/aromatic N) is 1. The van der Waals surface area contributed by atoms with Gasteiger partial charge in [0.05, 0.1) is 6.04 Å². The Bertz CT molecular complexity index is 488. The second-order valence-electron chi connectivity index (χ2n) is 4.76. The van der Waals surface area contributed by atoms with Gasteiger partial charge in [-0.05, 0) is 37.0 Å². The zero-order valence-electron chi connectivity index (χ0n) is 10.0. The van der Waals surface area contributed by atoms with Crippen molar-refractivity contribution in [3.63, 3.8) is 0 Å². The fourth-order valence-electron chi connectivity index (χ4n) is 1.82. The average Bonchev–Trinajstić information content (AvgIpc) is 2.59. The first-order valence-corrected chi connectivity index (χ1v) is 5.69. The van der Waals surface area contributed by atoms with E-state index in [9.17, 15) is 0 Å². The standard InChI is InChI=1S/C13H18N2O/c1-8(2)6-10(14)13-15-11-5-4-9(3)7-12(11)16-13/h4-5,7-8,10H,6,14H2,1-3H3. The van der Waals surface area contributed by atoms with Gasteiger partial charge in [-0.1, -0.05) is 19.9 Å². The maximum Gasteiger partial charge on any atom is 0.212 e. The minimum absolute atomic E-state index is 0.104. The largest absolute Gasteiger partial charge is 0.439 e. The van der Waals surface area contributed by atoms with Crippen molar-refractivity contribution in [3.05, 3.63) is 29.7 Å². The van der Waals surface area contributed by atoms with Gasteiger partial charge >= 0.3 is 0 Å². The first kappa shape index (κ1) is 11.1. The van der Waals surface area contributed by atoms with Crippen LogP contribution in [0.4, 0.5) is 0 Å². The van der Waals surface area contributed by atoms with Crippen LogP contribution in [0.2, 0.25) is 0 Å². The third-order valence-electron chi connectivity index (χ3n) is 2.60. The van der Waals surface area contributed by atoms with Crippen LogP contribution in [0, 0.1) is 12.8 Å². The summed E-state index contributed by atoms with van der Waals surface area (Å²) >= 11 is 0. The van der Waals surface area contributed by atoms with Gasteiger partial charge in [0.1, 0.15) is 5.52 Å². The Balaban J connectivity index is 2.32. The fraction of sp³-hybridized carbons (Fsp3) is 0.462. The van der Waals surface area contributed by atoms with E-state index in [-0.39, 0.29) is 6.04 Å². The number of oxazole rings is 1. The molecule has 1 heterocycles. The first-order chi connectivity index (χ1) is 7.56. The first-order valence-electron chi connectivity index (χ1n) is 5.69. The molecule has 2 rings (SSSR count). The van der Waals surface area contributed by atoms with Crippen LogP contribution in [0.25, 0.3) is 11.1 Å². The van der Waals surface area contributed by atoms with Gasteiger partial charge in [-0.2, -0.15) is 0 Å². The molecule has 2 aromatic rings. The molecule has 16 heavy (non-hydrogen) atoms. The Morgan fingerprint density at radius 1 is 1.38 bits per heavy atom. The molecule has 1 unspecified atom stereocenters. The van der Waals surface area contributed by atoms with Gasteiger partial charge in [0.2, 0.25) is 5.89 Å². The lowest BCUT2D eigenvalue weighted by Crippen LogP contribution is -2.13. The summed E-state index contributed by atoms with van der Waals surface area (Å²) in [4.78, 5) is 4.42. The van der Waals surface area contributed by atoms with Crippen LogP contribution in [0.3, 0.4) is 0 Å². The van der Waals surface area contributed by atoms with E-state index >= 15 is 0 Å². The number of fused-ring (bicyclic) bond motifs is 1. The van der Waals surface area contributed by atoms with Gasteiger partial charge in [-0.25, -0.2) is 4.98 Å². The van der Waals surface area contributed by atoms with Gasteiger partial charge in [-0.3, -0.25) is 0 Å². The van der Waals surface area contributed by atoms with E-state index in [4.69, 9.17) is 10.2 Å². The highest BCUT2D eigenvalue weighted by atomic mass is 16.3. The SMILES string of the molecule is Cc1ccc2nc(C(N)CC(C)C)oc2c1. The molecule has 0 spiro atoms. The van der Waals surface area contributed by atoms with Gasteiger partial charge in [0.25, 0.3) is 0 Å². The Hall–Kier alpha value is -1.35. The van der Waals surface area contributed by atoms with E-state index in [1.54, 1.807) is 0 Å². The lowest BCUT2D eigenvalue weighted by molar-refractivity contribution is 0.417. The van der Waals surface area contributed by atoms with Crippen molar-refractivity contribution in [2.24, 2.45) is 11.7 Å². The molecular formula is C13H18N2O. The summed E-state index contributed by atoms with van der Waals surface area (Å²) < 4.78 is 5.68. The van der Waals surface area contributed by atoms with Crippen molar-refractivity contribution in [1.29, 1.82) is 0 Å². The van der Waals surface area contributed by atoms with E-state index in [0.29, 0.717) is 11.8 Å². The molecule has 0 aliphatic rings. The molecule has 0 amide bonds. The maximum atomic E-state index is 6.04. The number of hydrogen-bond acceptors (Lipinski definition) is 3. The van der Waals surface area contributed by atoms with Crippen molar-refractivity contribution in [3.8, 4) is 0 Å². The Labute approximate surface area is 95.7 Å². The molecule has 1 atom stereocenters. The molecular weight excluding hydrogens is 200 g/mol. The summed E-state index contributed by atoms with van der Waals surface area (Å²) in [6.45, 7) is 6.33. The van der Waals surface area contributed by atoms with Crippen LogP contribution >= 0.6 is 0 Å². The number of hydrogen-bond donors (Lipinski definition) is 1. The van der Waals surface area contributed by atoms with Crippen molar-refractivity contribution in [1.82, 2.24) is 4.98 Å². The van der Waals surface area contributed by atoms with Crippen LogP contribution in [0.1, 0.15) is 37.8 Å². The Morgan fingerprint density at radius 2 is 2.12 bits per heavy atom. The summed E-state index contributed by atoms with van der Waals surface area (Å²) in [5.74, 6) is 1.20. The van der Waals surface area contributed by atoms with Gasteiger partial charge < -0.3 is 10.2 Å². The van der Waals surface area contributed by atoms with Crippen molar-refractivity contribution < 1.29 is 4.42 Å². The predicted octanol–water partition coefficient (Wildman–Crippen LogP) is 3.18. The van der Waals surface area contributed by atoms with Gasteiger partial charge in [-0.15, -0.1) is 0 Å². The Morgan fingerprint density at radius 3 is 2.81 bits per heavy atom. The summed E-state index contributed by atoms with van der Waals surface area (Å²) in [6.07, 6.45) is 0.895. The number of nitrogens with two attached hydrogens (primary N) is 1. The molecule has 0 fully saturated rings.